The first-order valence-corrected chi connectivity index (χ1v) is 10.2. The smallest absolute Gasteiger partial charge is 0.238 e. The van der Waals surface area contributed by atoms with Crippen molar-refractivity contribution in [1.82, 2.24) is 20.2 Å². The molecule has 8 heteroatoms. The van der Waals surface area contributed by atoms with Gasteiger partial charge in [0.2, 0.25) is 5.91 Å². The zero-order chi connectivity index (χ0) is 20.2. The highest BCUT2D eigenvalue weighted by atomic mass is 19.1. The first-order chi connectivity index (χ1) is 14.1. The quantitative estimate of drug-likeness (QED) is 0.716. The van der Waals surface area contributed by atoms with Gasteiger partial charge in [0, 0.05) is 50.3 Å². The van der Waals surface area contributed by atoms with Gasteiger partial charge in [-0.25, -0.2) is 14.4 Å². The second-order valence-corrected chi connectivity index (χ2v) is 7.66. The normalized spacial score (nSPS) is 19.4. The molecular formula is C21H27FN6O. The summed E-state index contributed by atoms with van der Waals surface area (Å²) in [4.78, 5) is 24.2. The third kappa shape index (κ3) is 4.71. The molecule has 0 saturated carbocycles. The van der Waals surface area contributed by atoms with Crippen LogP contribution < -0.4 is 16.0 Å². The van der Waals surface area contributed by atoms with E-state index in [1.165, 1.54) is 12.1 Å². The Labute approximate surface area is 170 Å². The number of anilines is 2. The van der Waals surface area contributed by atoms with Crippen LogP contribution in [-0.4, -0.2) is 54.0 Å². The predicted molar refractivity (Wildman–Crippen MR) is 110 cm³/mol. The van der Waals surface area contributed by atoms with Crippen molar-refractivity contribution in [2.45, 2.75) is 31.7 Å². The Balaban J connectivity index is 1.41. The molecule has 2 aliphatic rings. The summed E-state index contributed by atoms with van der Waals surface area (Å²) in [7, 11) is 1.90. The highest BCUT2D eigenvalue weighted by Gasteiger charge is 2.27. The molecule has 3 heterocycles. The summed E-state index contributed by atoms with van der Waals surface area (Å²) in [6.07, 6.45) is 2.94. The fourth-order valence-corrected chi connectivity index (χ4v) is 4.10. The van der Waals surface area contributed by atoms with E-state index in [4.69, 9.17) is 9.97 Å². The van der Waals surface area contributed by atoms with Crippen LogP contribution in [0.5, 0.6) is 0 Å². The molecule has 4 rings (SSSR count). The first-order valence-electron chi connectivity index (χ1n) is 10.2. The van der Waals surface area contributed by atoms with Gasteiger partial charge >= 0.3 is 0 Å². The average Bonchev–Trinajstić information content (AvgIpc) is 2.74. The molecule has 1 aromatic carbocycles. The second kappa shape index (κ2) is 8.84. The van der Waals surface area contributed by atoms with E-state index in [1.54, 1.807) is 12.1 Å². The maximum Gasteiger partial charge on any atom is 0.238 e. The fraction of sp³-hybridized carbons (Fsp3) is 0.476. The highest BCUT2D eigenvalue weighted by molar-refractivity contribution is 5.92. The van der Waals surface area contributed by atoms with E-state index in [0.29, 0.717) is 12.2 Å². The molecule has 0 radical (unpaired) electrons. The molecule has 7 nitrogen and oxygen atoms in total. The number of amides is 1. The number of hydrogen-bond acceptors (Lipinski definition) is 6. The first kappa shape index (κ1) is 19.7. The van der Waals surface area contributed by atoms with Crippen molar-refractivity contribution in [2.75, 3.05) is 43.9 Å². The third-order valence-electron chi connectivity index (χ3n) is 5.55. The molecule has 0 unspecified atom stereocenters. The van der Waals surface area contributed by atoms with Gasteiger partial charge in [-0.3, -0.25) is 9.69 Å². The van der Waals surface area contributed by atoms with Gasteiger partial charge in [0.05, 0.1) is 12.2 Å². The second-order valence-electron chi connectivity index (χ2n) is 7.66. The minimum Gasteiger partial charge on any atom is -0.373 e. The number of benzene rings is 1. The molecule has 2 aromatic rings. The summed E-state index contributed by atoms with van der Waals surface area (Å²) in [6.45, 7) is 3.68. The van der Waals surface area contributed by atoms with Gasteiger partial charge < -0.3 is 16.0 Å². The van der Waals surface area contributed by atoms with Gasteiger partial charge in [-0.1, -0.05) is 0 Å². The van der Waals surface area contributed by atoms with Crippen LogP contribution in [0.3, 0.4) is 0 Å². The summed E-state index contributed by atoms with van der Waals surface area (Å²) in [5, 5.41) is 9.42. The molecule has 1 amide bonds. The van der Waals surface area contributed by atoms with Crippen LogP contribution in [0.1, 0.15) is 35.8 Å². The Hall–Kier alpha value is -2.58. The maximum atomic E-state index is 13.0. The SMILES string of the molecule is CNc1nc([C@@H]2CCCN(CC(=O)Nc3ccc(F)cc3)C2)nc2c1CNCC2. The fourth-order valence-electron chi connectivity index (χ4n) is 4.10. The number of halogens is 1. The highest BCUT2D eigenvalue weighted by Crippen LogP contribution is 2.28. The van der Waals surface area contributed by atoms with Crippen molar-refractivity contribution in [3.63, 3.8) is 0 Å². The molecule has 29 heavy (non-hydrogen) atoms. The predicted octanol–water partition coefficient (Wildman–Crippen LogP) is 2.12. The molecule has 1 aromatic heterocycles. The zero-order valence-corrected chi connectivity index (χ0v) is 16.7. The van der Waals surface area contributed by atoms with Crippen molar-refractivity contribution < 1.29 is 9.18 Å². The van der Waals surface area contributed by atoms with E-state index in [9.17, 15) is 9.18 Å². The number of likely N-dealkylation sites (tertiary alicyclic amines) is 1. The molecule has 1 atom stereocenters. The summed E-state index contributed by atoms with van der Waals surface area (Å²) >= 11 is 0. The molecule has 1 fully saturated rings. The number of aromatic nitrogens is 2. The van der Waals surface area contributed by atoms with Crippen LogP contribution in [0.25, 0.3) is 0 Å². The Bertz CT molecular complexity index is 855. The molecule has 154 valence electrons. The van der Waals surface area contributed by atoms with Crippen LogP contribution >= 0.6 is 0 Å². The number of nitrogens with one attached hydrogen (secondary N) is 3. The van der Waals surface area contributed by atoms with Gasteiger partial charge in [0.15, 0.2) is 0 Å². The van der Waals surface area contributed by atoms with Crippen LogP contribution in [-0.2, 0) is 17.8 Å². The number of carbonyl (C=O) groups excluding carboxylic acids is 1. The van der Waals surface area contributed by atoms with E-state index in [2.05, 4.69) is 20.9 Å². The lowest BCUT2D eigenvalue weighted by molar-refractivity contribution is -0.117. The van der Waals surface area contributed by atoms with Crippen molar-refractivity contribution in [3.8, 4) is 0 Å². The number of piperidine rings is 1. The van der Waals surface area contributed by atoms with Crippen molar-refractivity contribution in [1.29, 1.82) is 0 Å². The molecule has 0 spiro atoms. The van der Waals surface area contributed by atoms with E-state index in [0.717, 1.165) is 68.3 Å². The Morgan fingerprint density at radius 1 is 1.31 bits per heavy atom. The topological polar surface area (TPSA) is 82.2 Å². The van der Waals surface area contributed by atoms with Crippen LogP contribution in [0, 0.1) is 5.82 Å². The van der Waals surface area contributed by atoms with Crippen molar-refractivity contribution in [2.24, 2.45) is 0 Å². The summed E-state index contributed by atoms with van der Waals surface area (Å²) in [6, 6.07) is 5.83. The summed E-state index contributed by atoms with van der Waals surface area (Å²) < 4.78 is 13.0. The molecule has 0 bridgehead atoms. The lowest BCUT2D eigenvalue weighted by Gasteiger charge is -2.32. The summed E-state index contributed by atoms with van der Waals surface area (Å²) in [5.41, 5.74) is 2.90. The number of fused-ring (bicyclic) bond motifs is 1. The molecule has 0 aliphatic carbocycles. The van der Waals surface area contributed by atoms with Crippen LogP contribution in [0.2, 0.25) is 0 Å². The Morgan fingerprint density at radius 3 is 2.93 bits per heavy atom. The van der Waals surface area contributed by atoms with E-state index in [-0.39, 0.29) is 17.6 Å². The van der Waals surface area contributed by atoms with E-state index >= 15 is 0 Å². The lowest BCUT2D eigenvalue weighted by atomic mass is 9.96. The van der Waals surface area contributed by atoms with Crippen LogP contribution in [0.4, 0.5) is 15.9 Å². The van der Waals surface area contributed by atoms with Crippen molar-refractivity contribution in [3.05, 3.63) is 47.2 Å². The van der Waals surface area contributed by atoms with Crippen molar-refractivity contribution >= 4 is 17.4 Å². The lowest BCUT2D eigenvalue weighted by Crippen LogP contribution is -2.40. The number of hydrogen-bond donors (Lipinski definition) is 3. The van der Waals surface area contributed by atoms with Gasteiger partial charge in [0.1, 0.15) is 17.5 Å². The Kier molecular flexibility index (Phi) is 6.01. The van der Waals surface area contributed by atoms with Gasteiger partial charge in [-0.05, 0) is 43.7 Å². The minimum atomic E-state index is -0.316. The van der Waals surface area contributed by atoms with E-state index in [1.807, 2.05) is 7.05 Å². The van der Waals surface area contributed by atoms with Gasteiger partial charge in [0.25, 0.3) is 0 Å². The number of nitrogens with zero attached hydrogens (tertiary/aromatic N) is 3. The average molecular weight is 398 g/mol. The molecule has 2 aliphatic heterocycles. The monoisotopic (exact) mass is 398 g/mol. The summed E-state index contributed by atoms with van der Waals surface area (Å²) in [5.74, 6) is 1.59. The molecule has 3 N–H and O–H groups in total. The third-order valence-corrected chi connectivity index (χ3v) is 5.55. The Morgan fingerprint density at radius 2 is 2.14 bits per heavy atom. The largest absolute Gasteiger partial charge is 0.373 e. The number of carbonyl (C=O) groups is 1. The maximum absolute atomic E-state index is 13.0. The molecular weight excluding hydrogens is 371 g/mol. The van der Waals surface area contributed by atoms with Gasteiger partial charge in [-0.2, -0.15) is 0 Å². The standard InChI is InChI=1S/C21H27FN6O/c1-23-21-17-11-24-9-8-18(17)26-20(27-21)14-3-2-10-28(12-14)13-19(29)25-16-6-4-15(22)5-7-16/h4-7,14,24H,2-3,8-13H2,1H3,(H,25,29)(H,23,26,27)/t14-/m1/s1. The molecule has 1 saturated heterocycles. The van der Waals surface area contributed by atoms with Crippen LogP contribution in [0.15, 0.2) is 24.3 Å². The van der Waals surface area contributed by atoms with E-state index < -0.39 is 0 Å². The number of rotatable bonds is 5. The zero-order valence-electron chi connectivity index (χ0n) is 16.7. The minimum absolute atomic E-state index is 0.0920. The van der Waals surface area contributed by atoms with Gasteiger partial charge in [-0.15, -0.1) is 0 Å².